The second kappa shape index (κ2) is 11.2. The monoisotopic (exact) mass is 366 g/mol. The van der Waals surface area contributed by atoms with E-state index in [1.807, 2.05) is 43.3 Å². The molecule has 0 saturated carbocycles. The van der Waals surface area contributed by atoms with E-state index in [-0.39, 0.29) is 6.03 Å². The molecule has 0 aliphatic heterocycles. The summed E-state index contributed by atoms with van der Waals surface area (Å²) in [7, 11) is 0. The number of carbonyl (C=O) groups is 2. The summed E-state index contributed by atoms with van der Waals surface area (Å²) in [5, 5.41) is 3.03. The highest BCUT2D eigenvalue weighted by Gasteiger charge is 2.13. The first kappa shape index (κ1) is 20.7. The van der Waals surface area contributed by atoms with Crippen LogP contribution in [0.25, 0.3) is 11.1 Å². The molecule has 0 radical (unpaired) electrons. The first-order valence-electron chi connectivity index (χ1n) is 9.90. The molecule has 0 bridgehead atoms. The number of hydrogen-bond donors (Lipinski definition) is 1. The molecule has 2 aromatic rings. The number of unbranched alkanes of at least 4 members (excludes halogenated alkanes) is 4. The van der Waals surface area contributed by atoms with Crippen LogP contribution in [0.4, 0.5) is 10.5 Å². The van der Waals surface area contributed by atoms with Gasteiger partial charge in [-0.1, -0.05) is 69.0 Å². The minimum atomic E-state index is -0.0542. The molecule has 0 unspecified atom stereocenters. The molecular weight excluding hydrogens is 336 g/mol. The predicted molar refractivity (Wildman–Crippen MR) is 112 cm³/mol. The SMILES string of the molecule is CCCCCCCNC(=O)N(CC)c1cccc(-c2ccc(C=O)cc2)c1. The van der Waals surface area contributed by atoms with Crippen LogP contribution in [-0.4, -0.2) is 25.4 Å². The average Bonchev–Trinajstić information content (AvgIpc) is 2.71. The van der Waals surface area contributed by atoms with E-state index in [1.54, 1.807) is 17.0 Å². The third kappa shape index (κ3) is 6.24. The fourth-order valence-electron chi connectivity index (χ4n) is 3.07. The van der Waals surface area contributed by atoms with Gasteiger partial charge in [-0.15, -0.1) is 0 Å². The highest BCUT2D eigenvalue weighted by Crippen LogP contribution is 2.25. The Morgan fingerprint density at radius 1 is 0.963 bits per heavy atom. The summed E-state index contributed by atoms with van der Waals surface area (Å²) in [6.07, 6.45) is 6.74. The van der Waals surface area contributed by atoms with Gasteiger partial charge in [-0.25, -0.2) is 4.79 Å². The van der Waals surface area contributed by atoms with Crippen molar-refractivity contribution in [3.8, 4) is 11.1 Å². The molecular formula is C23H30N2O2. The molecule has 2 aromatic carbocycles. The molecule has 2 rings (SSSR count). The van der Waals surface area contributed by atoms with Crippen molar-refractivity contribution in [2.75, 3.05) is 18.0 Å². The standard InChI is InChI=1S/C23H30N2O2/c1-3-5-6-7-8-16-24-23(27)25(4-2)22-11-9-10-21(17-22)20-14-12-19(18-26)13-15-20/h9-15,17-18H,3-8,16H2,1-2H3,(H,24,27). The lowest BCUT2D eigenvalue weighted by molar-refractivity contribution is 0.112. The molecule has 1 N–H and O–H groups in total. The van der Waals surface area contributed by atoms with Gasteiger partial charge in [0.15, 0.2) is 0 Å². The van der Waals surface area contributed by atoms with Crippen molar-refractivity contribution in [2.24, 2.45) is 0 Å². The van der Waals surface area contributed by atoms with Crippen LogP contribution in [0.2, 0.25) is 0 Å². The van der Waals surface area contributed by atoms with Crippen molar-refractivity contribution in [2.45, 2.75) is 46.0 Å². The van der Waals surface area contributed by atoms with E-state index < -0.39 is 0 Å². The molecule has 0 atom stereocenters. The zero-order chi connectivity index (χ0) is 19.5. The van der Waals surface area contributed by atoms with Crippen molar-refractivity contribution < 1.29 is 9.59 Å². The van der Waals surface area contributed by atoms with Crippen LogP contribution in [0, 0.1) is 0 Å². The minimum absolute atomic E-state index is 0.0542. The summed E-state index contributed by atoms with van der Waals surface area (Å²) in [5.74, 6) is 0. The van der Waals surface area contributed by atoms with Gasteiger partial charge in [0.1, 0.15) is 6.29 Å². The number of benzene rings is 2. The van der Waals surface area contributed by atoms with Crippen LogP contribution in [0.15, 0.2) is 48.5 Å². The third-order valence-electron chi connectivity index (χ3n) is 4.66. The van der Waals surface area contributed by atoms with Gasteiger partial charge < -0.3 is 5.32 Å². The smallest absolute Gasteiger partial charge is 0.321 e. The normalized spacial score (nSPS) is 10.4. The Bertz CT molecular complexity index is 725. The van der Waals surface area contributed by atoms with Crippen LogP contribution >= 0.6 is 0 Å². The average molecular weight is 367 g/mol. The third-order valence-corrected chi connectivity index (χ3v) is 4.66. The molecule has 0 aromatic heterocycles. The zero-order valence-electron chi connectivity index (χ0n) is 16.4. The Labute approximate surface area is 162 Å². The number of hydrogen-bond acceptors (Lipinski definition) is 2. The number of nitrogens with zero attached hydrogens (tertiary/aromatic N) is 1. The fraction of sp³-hybridized carbons (Fsp3) is 0.391. The summed E-state index contributed by atoms with van der Waals surface area (Å²) >= 11 is 0. The van der Waals surface area contributed by atoms with E-state index in [0.717, 1.165) is 35.9 Å². The molecule has 27 heavy (non-hydrogen) atoms. The topological polar surface area (TPSA) is 49.4 Å². The van der Waals surface area contributed by atoms with Gasteiger partial charge in [0.25, 0.3) is 0 Å². The van der Waals surface area contributed by atoms with Gasteiger partial charge in [-0.3, -0.25) is 9.69 Å². The van der Waals surface area contributed by atoms with Crippen LogP contribution in [-0.2, 0) is 0 Å². The maximum absolute atomic E-state index is 12.6. The van der Waals surface area contributed by atoms with Crippen molar-refractivity contribution in [3.05, 3.63) is 54.1 Å². The number of nitrogens with one attached hydrogen (secondary N) is 1. The zero-order valence-corrected chi connectivity index (χ0v) is 16.4. The van der Waals surface area contributed by atoms with Gasteiger partial charge in [-0.05, 0) is 36.6 Å². The number of anilines is 1. The molecule has 0 spiro atoms. The van der Waals surface area contributed by atoms with Gasteiger partial charge >= 0.3 is 6.03 Å². The number of amides is 2. The van der Waals surface area contributed by atoms with E-state index in [0.29, 0.717) is 18.7 Å². The lowest BCUT2D eigenvalue weighted by Crippen LogP contribution is -2.40. The largest absolute Gasteiger partial charge is 0.338 e. The van der Waals surface area contributed by atoms with E-state index in [9.17, 15) is 9.59 Å². The van der Waals surface area contributed by atoms with E-state index in [2.05, 4.69) is 12.2 Å². The van der Waals surface area contributed by atoms with Crippen LogP contribution in [0.5, 0.6) is 0 Å². The second-order valence-corrected chi connectivity index (χ2v) is 6.68. The minimum Gasteiger partial charge on any atom is -0.338 e. The van der Waals surface area contributed by atoms with Crippen molar-refractivity contribution in [1.82, 2.24) is 5.32 Å². The number of aldehydes is 1. The Hall–Kier alpha value is -2.62. The van der Waals surface area contributed by atoms with Gasteiger partial charge in [-0.2, -0.15) is 0 Å². The Morgan fingerprint density at radius 3 is 2.37 bits per heavy atom. The van der Waals surface area contributed by atoms with E-state index >= 15 is 0 Å². The molecule has 0 aliphatic carbocycles. The highest BCUT2D eigenvalue weighted by molar-refractivity contribution is 5.92. The molecule has 0 heterocycles. The van der Waals surface area contributed by atoms with Crippen molar-refractivity contribution in [3.63, 3.8) is 0 Å². The molecule has 0 saturated heterocycles. The maximum Gasteiger partial charge on any atom is 0.321 e. The summed E-state index contributed by atoms with van der Waals surface area (Å²) in [6.45, 7) is 5.50. The summed E-state index contributed by atoms with van der Waals surface area (Å²) in [6, 6.07) is 15.3. The summed E-state index contributed by atoms with van der Waals surface area (Å²) < 4.78 is 0. The predicted octanol–water partition coefficient (Wildman–Crippen LogP) is 5.67. The van der Waals surface area contributed by atoms with Gasteiger partial charge in [0, 0.05) is 24.3 Å². The lowest BCUT2D eigenvalue weighted by Gasteiger charge is -2.22. The van der Waals surface area contributed by atoms with E-state index in [4.69, 9.17) is 0 Å². The maximum atomic E-state index is 12.6. The van der Waals surface area contributed by atoms with Crippen molar-refractivity contribution >= 4 is 18.0 Å². The Morgan fingerprint density at radius 2 is 1.70 bits per heavy atom. The van der Waals surface area contributed by atoms with Crippen LogP contribution < -0.4 is 10.2 Å². The summed E-state index contributed by atoms with van der Waals surface area (Å²) in [4.78, 5) is 25.2. The lowest BCUT2D eigenvalue weighted by atomic mass is 10.0. The molecule has 4 nitrogen and oxygen atoms in total. The number of rotatable bonds is 10. The Balaban J connectivity index is 2.01. The van der Waals surface area contributed by atoms with E-state index in [1.165, 1.54) is 19.3 Å². The molecule has 2 amide bonds. The van der Waals surface area contributed by atoms with Crippen LogP contribution in [0.3, 0.4) is 0 Å². The number of carbonyl (C=O) groups excluding carboxylic acids is 2. The second-order valence-electron chi connectivity index (χ2n) is 6.68. The fourth-order valence-corrected chi connectivity index (χ4v) is 3.07. The molecule has 4 heteroatoms. The number of urea groups is 1. The van der Waals surface area contributed by atoms with Crippen LogP contribution in [0.1, 0.15) is 56.3 Å². The van der Waals surface area contributed by atoms with Gasteiger partial charge in [0.05, 0.1) is 0 Å². The Kier molecular flexibility index (Phi) is 8.56. The summed E-state index contributed by atoms with van der Waals surface area (Å²) in [5.41, 5.74) is 3.58. The first-order chi connectivity index (χ1) is 13.2. The molecule has 144 valence electrons. The highest BCUT2D eigenvalue weighted by atomic mass is 16.2. The first-order valence-corrected chi connectivity index (χ1v) is 9.90. The quantitative estimate of drug-likeness (QED) is 0.435. The van der Waals surface area contributed by atoms with Gasteiger partial charge in [0.2, 0.25) is 0 Å². The molecule has 0 aliphatic rings. The van der Waals surface area contributed by atoms with Crippen molar-refractivity contribution in [1.29, 1.82) is 0 Å². The molecule has 0 fully saturated rings.